The fourth-order valence-corrected chi connectivity index (χ4v) is 5.86. The quantitative estimate of drug-likeness (QED) is 0.769. The van der Waals surface area contributed by atoms with Gasteiger partial charge in [-0.1, -0.05) is 6.07 Å². The highest BCUT2D eigenvalue weighted by Gasteiger charge is 2.31. The van der Waals surface area contributed by atoms with E-state index in [1.54, 1.807) is 24.6 Å². The van der Waals surface area contributed by atoms with Crippen molar-refractivity contribution in [1.82, 2.24) is 4.31 Å². The highest BCUT2D eigenvalue weighted by Crippen LogP contribution is 2.26. The van der Waals surface area contributed by atoms with Crippen molar-refractivity contribution in [2.45, 2.75) is 30.7 Å². The van der Waals surface area contributed by atoms with E-state index in [4.69, 9.17) is 9.47 Å². The van der Waals surface area contributed by atoms with Gasteiger partial charge in [0.15, 0.2) is 0 Å². The van der Waals surface area contributed by atoms with Crippen molar-refractivity contribution < 1.29 is 22.8 Å². The highest BCUT2D eigenvalue weighted by atomic mass is 32.2. The van der Waals surface area contributed by atoms with E-state index in [0.29, 0.717) is 18.0 Å². The van der Waals surface area contributed by atoms with Crippen molar-refractivity contribution in [1.29, 1.82) is 0 Å². The van der Waals surface area contributed by atoms with Crippen LogP contribution in [0.25, 0.3) is 0 Å². The summed E-state index contributed by atoms with van der Waals surface area (Å²) in [6, 6.07) is 11.5. The molecule has 0 saturated carbocycles. The molecule has 29 heavy (non-hydrogen) atoms. The molecule has 2 aromatic carbocycles. The Kier molecular flexibility index (Phi) is 5.81. The standard InChI is InChI=1S/C22H28N2O4S/c1-27-20-7-9-22(28-2)19(14-20)16-23-10-12-24(13-11-23)29(25,26)21-8-6-17-4-3-5-18(17)15-21/h6-9,14-15H,3-5,10-13,16H2,1-2H3/p+1. The third kappa shape index (κ3) is 4.13. The second-order valence-electron chi connectivity index (χ2n) is 7.79. The van der Waals surface area contributed by atoms with Gasteiger partial charge in [0.05, 0.1) is 50.9 Å². The number of piperazine rings is 1. The number of rotatable bonds is 6. The number of nitrogens with one attached hydrogen (secondary N) is 1. The summed E-state index contributed by atoms with van der Waals surface area (Å²) in [5.74, 6) is 1.64. The molecule has 1 heterocycles. The van der Waals surface area contributed by atoms with Crippen molar-refractivity contribution in [3.8, 4) is 11.5 Å². The lowest BCUT2D eigenvalue weighted by molar-refractivity contribution is -0.917. The smallest absolute Gasteiger partial charge is 0.243 e. The first-order valence-corrected chi connectivity index (χ1v) is 11.6. The molecule has 0 aromatic heterocycles. The predicted octanol–water partition coefficient (Wildman–Crippen LogP) is 1.28. The summed E-state index contributed by atoms with van der Waals surface area (Å²) in [6.45, 7) is 3.38. The zero-order valence-corrected chi connectivity index (χ0v) is 17.9. The zero-order valence-electron chi connectivity index (χ0n) is 17.1. The Bertz CT molecular complexity index is 982. The van der Waals surface area contributed by atoms with Crippen LogP contribution in [0, 0.1) is 0 Å². The van der Waals surface area contributed by atoms with E-state index in [2.05, 4.69) is 0 Å². The lowest BCUT2D eigenvalue weighted by Crippen LogP contribution is -3.13. The van der Waals surface area contributed by atoms with E-state index in [0.717, 1.165) is 56.0 Å². The number of hydrogen-bond acceptors (Lipinski definition) is 4. The maximum Gasteiger partial charge on any atom is 0.243 e. The third-order valence-electron chi connectivity index (χ3n) is 6.07. The number of quaternary nitrogens is 1. The Morgan fingerprint density at radius 2 is 1.72 bits per heavy atom. The van der Waals surface area contributed by atoms with Crippen LogP contribution in [0.3, 0.4) is 0 Å². The number of benzene rings is 2. The fraction of sp³-hybridized carbons (Fsp3) is 0.455. The van der Waals surface area contributed by atoms with E-state index >= 15 is 0 Å². The highest BCUT2D eigenvalue weighted by molar-refractivity contribution is 7.89. The molecule has 1 fully saturated rings. The first-order chi connectivity index (χ1) is 14.0. The molecule has 0 bridgehead atoms. The number of hydrogen-bond donors (Lipinski definition) is 1. The van der Waals surface area contributed by atoms with E-state index in [1.165, 1.54) is 16.0 Å². The van der Waals surface area contributed by atoms with Crippen molar-refractivity contribution in [3.63, 3.8) is 0 Å². The molecule has 6 nitrogen and oxygen atoms in total. The molecule has 0 spiro atoms. The average Bonchev–Trinajstić information content (AvgIpc) is 3.22. The van der Waals surface area contributed by atoms with Gasteiger partial charge in [0.2, 0.25) is 10.0 Å². The number of fused-ring (bicyclic) bond motifs is 1. The summed E-state index contributed by atoms with van der Waals surface area (Å²) >= 11 is 0. The Hall–Kier alpha value is -2.09. The van der Waals surface area contributed by atoms with E-state index in [-0.39, 0.29) is 0 Å². The van der Waals surface area contributed by atoms with Gasteiger partial charge >= 0.3 is 0 Å². The lowest BCUT2D eigenvalue weighted by Gasteiger charge is -2.32. The monoisotopic (exact) mass is 417 g/mol. The number of ether oxygens (including phenoxy) is 2. The van der Waals surface area contributed by atoms with Crippen LogP contribution in [0.15, 0.2) is 41.3 Å². The van der Waals surface area contributed by atoms with Crippen molar-refractivity contribution in [2.75, 3.05) is 40.4 Å². The van der Waals surface area contributed by atoms with Crippen LogP contribution in [0.5, 0.6) is 11.5 Å². The summed E-state index contributed by atoms with van der Waals surface area (Å²) < 4.78 is 38.7. The van der Waals surface area contributed by atoms with Crippen LogP contribution >= 0.6 is 0 Å². The van der Waals surface area contributed by atoms with E-state index < -0.39 is 10.0 Å². The Morgan fingerprint density at radius 3 is 2.45 bits per heavy atom. The van der Waals surface area contributed by atoms with Gasteiger partial charge in [0.25, 0.3) is 0 Å². The Morgan fingerprint density at radius 1 is 0.966 bits per heavy atom. The largest absolute Gasteiger partial charge is 0.497 e. The molecule has 4 rings (SSSR count). The van der Waals surface area contributed by atoms with Gasteiger partial charge in [-0.2, -0.15) is 4.31 Å². The van der Waals surface area contributed by atoms with Crippen LogP contribution in [0.2, 0.25) is 0 Å². The minimum Gasteiger partial charge on any atom is -0.497 e. The molecule has 1 aliphatic heterocycles. The SMILES string of the molecule is COc1ccc(OC)c(C[NH+]2CCN(S(=O)(=O)c3ccc4c(c3)CCC4)CC2)c1. The van der Waals surface area contributed by atoms with E-state index in [9.17, 15) is 8.42 Å². The first kappa shape index (κ1) is 20.2. The van der Waals surface area contributed by atoms with Crippen molar-refractivity contribution >= 4 is 10.0 Å². The molecule has 0 unspecified atom stereocenters. The molecule has 0 radical (unpaired) electrons. The molecule has 2 aliphatic rings. The summed E-state index contributed by atoms with van der Waals surface area (Å²) in [4.78, 5) is 1.79. The van der Waals surface area contributed by atoms with Gasteiger partial charge < -0.3 is 14.4 Å². The van der Waals surface area contributed by atoms with Gasteiger partial charge in [-0.3, -0.25) is 0 Å². The van der Waals surface area contributed by atoms with Crippen molar-refractivity contribution in [3.05, 3.63) is 53.1 Å². The van der Waals surface area contributed by atoms with Gasteiger partial charge in [0, 0.05) is 0 Å². The zero-order chi connectivity index (χ0) is 20.4. The molecule has 1 saturated heterocycles. The summed E-state index contributed by atoms with van der Waals surface area (Å²) in [6.07, 6.45) is 3.17. The van der Waals surface area contributed by atoms with Gasteiger partial charge in [-0.25, -0.2) is 8.42 Å². The van der Waals surface area contributed by atoms with Crippen LogP contribution in [-0.4, -0.2) is 53.1 Å². The third-order valence-corrected chi connectivity index (χ3v) is 7.96. The minimum atomic E-state index is -3.43. The second kappa shape index (κ2) is 8.34. The summed E-state index contributed by atoms with van der Waals surface area (Å²) in [5.41, 5.74) is 3.57. The lowest BCUT2D eigenvalue weighted by atomic mass is 10.1. The molecule has 1 aliphatic carbocycles. The molecule has 7 heteroatoms. The number of methoxy groups -OCH3 is 2. The van der Waals surface area contributed by atoms with Gasteiger partial charge in [-0.05, 0) is 60.7 Å². The minimum absolute atomic E-state index is 0.441. The first-order valence-electron chi connectivity index (χ1n) is 10.2. The molecule has 0 atom stereocenters. The van der Waals surface area contributed by atoms with Crippen molar-refractivity contribution in [2.24, 2.45) is 0 Å². The molecular formula is C22H29N2O4S+. The molecule has 2 aromatic rings. The molecule has 0 amide bonds. The normalized spacial score (nSPS) is 17.9. The Balaban J connectivity index is 1.43. The van der Waals surface area contributed by atoms with E-state index in [1.807, 2.05) is 30.3 Å². The van der Waals surface area contributed by atoms with Crippen LogP contribution in [0.1, 0.15) is 23.1 Å². The van der Waals surface area contributed by atoms with Gasteiger partial charge in [-0.15, -0.1) is 0 Å². The fourth-order valence-electron chi connectivity index (χ4n) is 4.37. The summed E-state index contributed by atoms with van der Waals surface area (Å²) in [7, 11) is -0.106. The molecule has 1 N–H and O–H groups in total. The van der Waals surface area contributed by atoms with Crippen LogP contribution in [0.4, 0.5) is 0 Å². The predicted molar refractivity (Wildman–Crippen MR) is 111 cm³/mol. The average molecular weight is 418 g/mol. The maximum absolute atomic E-state index is 13.1. The number of nitrogens with zero attached hydrogens (tertiary/aromatic N) is 1. The summed E-state index contributed by atoms with van der Waals surface area (Å²) in [5, 5.41) is 0. The molecular weight excluding hydrogens is 388 g/mol. The van der Waals surface area contributed by atoms with Crippen LogP contribution < -0.4 is 14.4 Å². The number of aryl methyl sites for hydroxylation is 2. The van der Waals surface area contributed by atoms with Crippen LogP contribution in [-0.2, 0) is 29.4 Å². The topological polar surface area (TPSA) is 60.3 Å². The molecule has 156 valence electrons. The number of sulfonamides is 1. The second-order valence-corrected chi connectivity index (χ2v) is 9.73. The Labute approximate surface area is 173 Å². The maximum atomic E-state index is 13.1. The van der Waals surface area contributed by atoms with Gasteiger partial charge in [0.1, 0.15) is 18.0 Å².